The lowest BCUT2D eigenvalue weighted by Gasteiger charge is -2.11. The zero-order chi connectivity index (χ0) is 17.1. The van der Waals surface area contributed by atoms with Crippen LogP contribution in [-0.4, -0.2) is 48.9 Å². The van der Waals surface area contributed by atoms with Gasteiger partial charge >= 0.3 is 0 Å². The summed E-state index contributed by atoms with van der Waals surface area (Å²) in [5.74, 6) is 2.40. The molecule has 4 rings (SSSR count). The van der Waals surface area contributed by atoms with Crippen molar-refractivity contribution in [2.75, 3.05) is 24.2 Å². The highest BCUT2D eigenvalue weighted by atomic mass is 32.2. The van der Waals surface area contributed by atoms with E-state index in [-0.39, 0.29) is 0 Å². The molecule has 4 N–H and O–H groups in total. The number of aryl methyl sites for hydroxylation is 1. The monoisotopic (exact) mass is 357 g/mol. The summed E-state index contributed by atoms with van der Waals surface area (Å²) < 4.78 is 1.76. The van der Waals surface area contributed by atoms with E-state index in [1.54, 1.807) is 23.3 Å². The number of hydrogen-bond donors (Lipinski definition) is 4. The third-order valence-corrected chi connectivity index (χ3v) is 4.96. The van der Waals surface area contributed by atoms with Gasteiger partial charge in [0.25, 0.3) is 0 Å². The molecule has 0 spiro atoms. The molecule has 4 heterocycles. The summed E-state index contributed by atoms with van der Waals surface area (Å²) >= 11 is 1.84. The van der Waals surface area contributed by atoms with E-state index in [1.165, 1.54) is 0 Å². The van der Waals surface area contributed by atoms with Gasteiger partial charge in [-0.2, -0.15) is 10.6 Å². The van der Waals surface area contributed by atoms with Crippen molar-refractivity contribution >= 4 is 28.6 Å². The minimum absolute atomic E-state index is 0.372. The minimum Gasteiger partial charge on any atom is -0.369 e. The van der Waals surface area contributed by atoms with Crippen LogP contribution in [0.2, 0.25) is 0 Å². The number of hydrazine groups is 2. The minimum atomic E-state index is 0.372. The Morgan fingerprint density at radius 1 is 1.36 bits per heavy atom. The van der Waals surface area contributed by atoms with Gasteiger partial charge in [-0.15, -0.1) is 11.8 Å². The normalized spacial score (nSPS) is 17.2. The van der Waals surface area contributed by atoms with Crippen LogP contribution in [0.5, 0.6) is 0 Å². The van der Waals surface area contributed by atoms with Crippen LogP contribution in [0.3, 0.4) is 0 Å². The van der Waals surface area contributed by atoms with E-state index >= 15 is 0 Å². The van der Waals surface area contributed by atoms with E-state index in [0.29, 0.717) is 11.2 Å². The lowest BCUT2D eigenvalue weighted by molar-refractivity contribution is 0.587. The highest BCUT2D eigenvalue weighted by Gasteiger charge is 2.14. The van der Waals surface area contributed by atoms with Gasteiger partial charge in [0, 0.05) is 43.8 Å². The van der Waals surface area contributed by atoms with E-state index in [1.807, 2.05) is 30.9 Å². The van der Waals surface area contributed by atoms with Crippen LogP contribution < -0.4 is 21.7 Å². The first-order valence-electron chi connectivity index (χ1n) is 8.00. The summed E-state index contributed by atoms with van der Waals surface area (Å²) in [6.45, 7) is 1.70. The lowest BCUT2D eigenvalue weighted by atomic mass is 10.2. The molecule has 0 aromatic carbocycles. The van der Waals surface area contributed by atoms with Crippen molar-refractivity contribution in [1.82, 2.24) is 41.1 Å². The van der Waals surface area contributed by atoms with E-state index in [0.717, 1.165) is 41.3 Å². The molecule has 0 saturated carbocycles. The zero-order valence-corrected chi connectivity index (χ0v) is 14.5. The van der Waals surface area contributed by atoms with Gasteiger partial charge in [0.05, 0.1) is 17.0 Å². The lowest BCUT2D eigenvalue weighted by Crippen LogP contribution is -2.32. The topological polar surface area (TPSA) is 105 Å². The second-order valence-electron chi connectivity index (χ2n) is 5.58. The average Bonchev–Trinajstić information content (AvgIpc) is 3.30. The third-order valence-electron chi connectivity index (χ3n) is 3.83. The van der Waals surface area contributed by atoms with Gasteiger partial charge in [-0.3, -0.25) is 9.67 Å². The molecule has 1 fully saturated rings. The summed E-state index contributed by atoms with van der Waals surface area (Å²) in [6.07, 6.45) is 5.30. The molecule has 9 nitrogen and oxygen atoms in total. The average molecular weight is 357 g/mol. The molecule has 130 valence electrons. The Balaban J connectivity index is 1.54. The van der Waals surface area contributed by atoms with Crippen LogP contribution in [0.25, 0.3) is 22.4 Å². The van der Waals surface area contributed by atoms with Gasteiger partial charge < -0.3 is 5.32 Å². The molecule has 1 aliphatic heterocycles. The first kappa shape index (κ1) is 16.2. The third kappa shape index (κ3) is 3.56. The van der Waals surface area contributed by atoms with Crippen molar-refractivity contribution in [3.05, 3.63) is 30.7 Å². The molecule has 3 aromatic rings. The molecule has 1 unspecified atom stereocenters. The van der Waals surface area contributed by atoms with Crippen molar-refractivity contribution in [2.24, 2.45) is 7.05 Å². The fourth-order valence-electron chi connectivity index (χ4n) is 2.58. The molecule has 3 aromatic heterocycles. The molecule has 1 atom stereocenters. The number of fused-ring (bicyclic) bond motifs is 1. The Morgan fingerprint density at radius 2 is 2.32 bits per heavy atom. The van der Waals surface area contributed by atoms with Gasteiger partial charge in [0.1, 0.15) is 5.82 Å². The number of hydrogen-bond acceptors (Lipinski definition) is 9. The number of nitrogens with zero attached hydrogens (tertiary/aromatic N) is 5. The molecule has 0 radical (unpaired) electrons. The maximum atomic E-state index is 4.69. The van der Waals surface area contributed by atoms with Crippen LogP contribution in [0.1, 0.15) is 0 Å². The summed E-state index contributed by atoms with van der Waals surface area (Å²) in [6, 6.07) is 3.84. The molecule has 25 heavy (non-hydrogen) atoms. The second kappa shape index (κ2) is 7.31. The molecule has 10 heteroatoms. The van der Waals surface area contributed by atoms with Crippen LogP contribution >= 0.6 is 11.8 Å². The quantitative estimate of drug-likeness (QED) is 0.470. The highest BCUT2D eigenvalue weighted by molar-refractivity contribution is 7.99. The molecule has 0 bridgehead atoms. The fraction of sp³-hybridized carbons (Fsp3) is 0.333. The number of anilines is 1. The number of nitrogens with one attached hydrogen (secondary N) is 4. The number of rotatable bonds is 6. The van der Waals surface area contributed by atoms with E-state index in [4.69, 9.17) is 0 Å². The molecular formula is C15H19N9S. The van der Waals surface area contributed by atoms with E-state index in [9.17, 15) is 0 Å². The first-order valence-corrected chi connectivity index (χ1v) is 9.05. The first-order chi connectivity index (χ1) is 12.3. The van der Waals surface area contributed by atoms with Crippen molar-refractivity contribution in [3.63, 3.8) is 0 Å². The Bertz CT molecular complexity index is 845. The van der Waals surface area contributed by atoms with Crippen LogP contribution in [0, 0.1) is 0 Å². The van der Waals surface area contributed by atoms with Gasteiger partial charge in [0.2, 0.25) is 0 Å². The van der Waals surface area contributed by atoms with E-state index in [2.05, 4.69) is 41.8 Å². The van der Waals surface area contributed by atoms with Gasteiger partial charge in [-0.1, -0.05) is 0 Å². The number of pyridine rings is 1. The van der Waals surface area contributed by atoms with Crippen LogP contribution in [0.15, 0.2) is 30.7 Å². The van der Waals surface area contributed by atoms with Crippen molar-refractivity contribution in [3.8, 4) is 11.4 Å². The predicted octanol–water partition coefficient (Wildman–Crippen LogP) is 0.509. The van der Waals surface area contributed by atoms with Crippen molar-refractivity contribution in [2.45, 2.75) is 5.37 Å². The maximum absolute atomic E-state index is 4.69. The molecule has 0 amide bonds. The Labute approximate surface area is 149 Å². The zero-order valence-electron chi connectivity index (χ0n) is 13.7. The summed E-state index contributed by atoms with van der Waals surface area (Å²) in [4.78, 5) is 13.5. The van der Waals surface area contributed by atoms with Crippen molar-refractivity contribution in [1.29, 1.82) is 0 Å². The van der Waals surface area contributed by atoms with Crippen LogP contribution in [-0.2, 0) is 7.05 Å². The molecular weight excluding hydrogens is 338 g/mol. The smallest absolute Gasteiger partial charge is 0.165 e. The molecule has 0 aliphatic carbocycles. The molecule has 1 saturated heterocycles. The van der Waals surface area contributed by atoms with E-state index < -0.39 is 0 Å². The maximum Gasteiger partial charge on any atom is 0.165 e. The van der Waals surface area contributed by atoms with Crippen LogP contribution in [0.4, 0.5) is 5.82 Å². The second-order valence-corrected chi connectivity index (χ2v) is 6.89. The largest absolute Gasteiger partial charge is 0.369 e. The standard InChI is InChI=1S/C15H19N9S/c1-24-15-11(8-19-24)14(17-5-6-25-12-9-18-23-22-12)20-13(21-15)10-3-2-4-16-7-10/h2-4,7-8,12,18,22-23H,5-6,9H2,1H3,(H,17,20,21). The highest BCUT2D eigenvalue weighted by Crippen LogP contribution is 2.24. The Morgan fingerprint density at radius 3 is 3.12 bits per heavy atom. The summed E-state index contributed by atoms with van der Waals surface area (Å²) in [7, 11) is 1.88. The Hall–Kier alpha value is -2.27. The summed E-state index contributed by atoms with van der Waals surface area (Å²) in [5, 5.41) is 9.02. The SMILES string of the molecule is Cn1ncc2c(NCCSC3CNNN3)nc(-c3cccnc3)nc21. The van der Waals surface area contributed by atoms with Gasteiger partial charge in [-0.05, 0) is 12.1 Å². The number of aromatic nitrogens is 5. The van der Waals surface area contributed by atoms with Gasteiger partial charge in [0.15, 0.2) is 11.5 Å². The van der Waals surface area contributed by atoms with Crippen molar-refractivity contribution < 1.29 is 0 Å². The Kier molecular flexibility index (Phi) is 4.74. The van der Waals surface area contributed by atoms with Gasteiger partial charge in [-0.25, -0.2) is 20.8 Å². The summed E-state index contributed by atoms with van der Waals surface area (Å²) in [5.41, 5.74) is 10.8. The number of thioether (sulfide) groups is 1. The fourth-order valence-corrected chi connectivity index (χ4v) is 3.43. The molecule has 1 aliphatic rings. The predicted molar refractivity (Wildman–Crippen MR) is 98.5 cm³/mol.